The van der Waals surface area contributed by atoms with Crippen LogP contribution in [0.25, 0.3) is 5.57 Å². The van der Waals surface area contributed by atoms with Crippen LogP contribution < -0.4 is 10.1 Å². The molecule has 0 saturated carbocycles. The molecule has 2 atom stereocenters. The van der Waals surface area contributed by atoms with Crippen LogP contribution in [0.5, 0.6) is 5.75 Å². The third-order valence-electron chi connectivity index (χ3n) is 8.22. The molecule has 0 aliphatic carbocycles. The molecule has 5 rings (SSSR count). The first-order valence-corrected chi connectivity index (χ1v) is 14.7. The predicted molar refractivity (Wildman–Crippen MR) is 164 cm³/mol. The van der Waals surface area contributed by atoms with Crippen molar-refractivity contribution < 1.29 is 19.1 Å². The monoisotopic (exact) mass is 565 g/mol. The number of nitrogens with zero attached hydrogens (tertiary/aromatic N) is 2. The smallest absolute Gasteiger partial charge is 0.251 e. The Hall–Kier alpha value is -4.23. The van der Waals surface area contributed by atoms with Gasteiger partial charge in [0.1, 0.15) is 5.75 Å². The highest BCUT2D eigenvalue weighted by Gasteiger charge is 2.39. The number of carbonyl (C=O) groups is 3. The van der Waals surface area contributed by atoms with E-state index in [1.807, 2.05) is 53.2 Å². The second kappa shape index (κ2) is 13.2. The lowest BCUT2D eigenvalue weighted by Crippen LogP contribution is -2.61. The summed E-state index contributed by atoms with van der Waals surface area (Å²) >= 11 is 0. The molecule has 2 aliphatic rings. The molecule has 3 aromatic rings. The van der Waals surface area contributed by atoms with Gasteiger partial charge in [0.05, 0.1) is 18.2 Å². The zero-order valence-electron chi connectivity index (χ0n) is 24.6. The lowest BCUT2D eigenvalue weighted by molar-refractivity contribution is -0.132. The number of ketones is 1. The van der Waals surface area contributed by atoms with Crippen LogP contribution >= 0.6 is 0 Å². The van der Waals surface area contributed by atoms with E-state index in [1.54, 1.807) is 19.9 Å². The average Bonchev–Trinajstić information content (AvgIpc) is 3.00. The number of benzene rings is 3. The molecular weight excluding hydrogens is 526 g/mol. The summed E-state index contributed by atoms with van der Waals surface area (Å²) in [5.41, 5.74) is 5.74. The van der Waals surface area contributed by atoms with E-state index in [0.717, 1.165) is 28.7 Å². The molecule has 0 radical (unpaired) electrons. The predicted octanol–water partition coefficient (Wildman–Crippen LogP) is 4.56. The van der Waals surface area contributed by atoms with Gasteiger partial charge >= 0.3 is 0 Å². The Morgan fingerprint density at radius 1 is 0.881 bits per heavy atom. The molecule has 1 N–H and O–H groups in total. The lowest BCUT2D eigenvalue weighted by Gasteiger charge is -2.44. The first-order chi connectivity index (χ1) is 20.3. The first kappa shape index (κ1) is 29.3. The molecule has 1 fully saturated rings. The third kappa shape index (κ3) is 6.80. The molecule has 7 heteroatoms. The van der Waals surface area contributed by atoms with E-state index >= 15 is 0 Å². The molecule has 3 aromatic carbocycles. The number of hydrogen-bond donors (Lipinski definition) is 1. The van der Waals surface area contributed by atoms with Crippen molar-refractivity contribution in [1.29, 1.82) is 0 Å². The van der Waals surface area contributed by atoms with Crippen molar-refractivity contribution in [2.45, 2.75) is 45.2 Å². The second-order valence-electron chi connectivity index (χ2n) is 11.2. The summed E-state index contributed by atoms with van der Waals surface area (Å²) in [6.07, 6.45) is 2.15. The van der Waals surface area contributed by atoms with Gasteiger partial charge in [0.25, 0.3) is 5.91 Å². The average molecular weight is 566 g/mol. The number of fused-ring (bicyclic) bond motifs is 2. The van der Waals surface area contributed by atoms with E-state index in [2.05, 4.69) is 41.7 Å². The van der Waals surface area contributed by atoms with E-state index in [1.165, 1.54) is 5.56 Å². The molecule has 0 aromatic heterocycles. The van der Waals surface area contributed by atoms with E-state index in [-0.39, 0.29) is 29.7 Å². The molecule has 0 spiro atoms. The molecule has 2 aliphatic heterocycles. The third-order valence-corrected chi connectivity index (χ3v) is 8.22. The fourth-order valence-electron chi connectivity index (χ4n) is 5.91. The van der Waals surface area contributed by atoms with Crippen molar-refractivity contribution in [3.63, 3.8) is 0 Å². The van der Waals surface area contributed by atoms with Crippen LogP contribution in [0, 0.1) is 0 Å². The number of likely N-dealkylation sites (N-methyl/N-ethyl adjacent to an activating group) is 1. The van der Waals surface area contributed by atoms with Gasteiger partial charge < -0.3 is 19.9 Å². The summed E-state index contributed by atoms with van der Waals surface area (Å²) in [5, 5.41) is 3.62. The summed E-state index contributed by atoms with van der Waals surface area (Å²) in [6.45, 7) is 5.33. The van der Waals surface area contributed by atoms with Crippen LogP contribution in [-0.2, 0) is 22.4 Å². The Bertz CT molecular complexity index is 1470. The van der Waals surface area contributed by atoms with Crippen molar-refractivity contribution in [3.8, 4) is 5.75 Å². The number of hydrogen-bond acceptors (Lipinski definition) is 5. The highest BCUT2D eigenvalue weighted by atomic mass is 16.5. The Labute approximate surface area is 248 Å². The van der Waals surface area contributed by atoms with Crippen LogP contribution in [0.1, 0.15) is 47.3 Å². The molecule has 7 nitrogen and oxygen atoms in total. The van der Waals surface area contributed by atoms with Crippen molar-refractivity contribution >= 4 is 23.2 Å². The number of nitrogens with one attached hydrogen (secondary N) is 1. The van der Waals surface area contributed by atoms with Crippen molar-refractivity contribution in [2.75, 3.05) is 33.3 Å². The second-order valence-corrected chi connectivity index (χ2v) is 11.2. The van der Waals surface area contributed by atoms with E-state index in [9.17, 15) is 14.4 Å². The topological polar surface area (TPSA) is 79.0 Å². The van der Waals surface area contributed by atoms with Gasteiger partial charge in [-0.1, -0.05) is 66.7 Å². The largest absolute Gasteiger partial charge is 0.492 e. The van der Waals surface area contributed by atoms with E-state index in [0.29, 0.717) is 50.4 Å². The molecule has 0 unspecified atom stereocenters. The van der Waals surface area contributed by atoms with Gasteiger partial charge in [0.2, 0.25) is 5.91 Å². The number of ether oxygens (including phenoxy) is 1. The van der Waals surface area contributed by atoms with Crippen LogP contribution in [0.15, 0.2) is 84.4 Å². The minimum Gasteiger partial charge on any atom is -0.492 e. The van der Waals surface area contributed by atoms with Gasteiger partial charge in [0, 0.05) is 51.6 Å². The maximum Gasteiger partial charge on any atom is 0.251 e. The minimum atomic E-state index is -0.211. The summed E-state index contributed by atoms with van der Waals surface area (Å²) < 4.78 is 5.94. The van der Waals surface area contributed by atoms with Crippen LogP contribution in [0.3, 0.4) is 0 Å². The normalized spacial score (nSPS) is 18.0. The Morgan fingerprint density at radius 2 is 1.57 bits per heavy atom. The number of para-hydroxylation sites is 1. The van der Waals surface area contributed by atoms with Crippen LogP contribution in [0.4, 0.5) is 0 Å². The molecule has 2 amide bonds. The maximum atomic E-state index is 14.0. The quantitative estimate of drug-likeness (QED) is 0.365. The zero-order chi connectivity index (χ0) is 29.6. The number of rotatable bonds is 10. The zero-order valence-corrected chi connectivity index (χ0v) is 24.6. The van der Waals surface area contributed by atoms with Gasteiger partial charge in [-0.15, -0.1) is 0 Å². The number of amides is 2. The van der Waals surface area contributed by atoms with Crippen LogP contribution in [-0.4, -0.2) is 72.8 Å². The van der Waals surface area contributed by atoms with Crippen molar-refractivity contribution in [2.24, 2.45) is 0 Å². The molecular formula is C35H39N3O4. The number of piperazine rings is 1. The SMILES string of the molecule is CC(=O)c1ccccc1OCCc1ccc(C2=C(C(=O)N(C)CCc3ccccc3)[C@H]3CN(C(C)=O)C[C@@H](C2)N3)cc1. The number of Topliss-reactive ketones (excluding diaryl/α,β-unsaturated/α-hetero) is 1. The lowest BCUT2D eigenvalue weighted by atomic mass is 9.82. The van der Waals surface area contributed by atoms with Crippen LogP contribution in [0.2, 0.25) is 0 Å². The summed E-state index contributed by atoms with van der Waals surface area (Å²) in [7, 11) is 1.86. The summed E-state index contributed by atoms with van der Waals surface area (Å²) in [4.78, 5) is 41.8. The highest BCUT2D eigenvalue weighted by molar-refractivity contribution is 6.03. The molecule has 1 saturated heterocycles. The maximum absolute atomic E-state index is 14.0. The van der Waals surface area contributed by atoms with Gasteiger partial charge in [-0.05, 0) is 54.2 Å². The number of carbonyl (C=O) groups excluding carboxylic acids is 3. The fourth-order valence-corrected chi connectivity index (χ4v) is 5.91. The van der Waals surface area contributed by atoms with Gasteiger partial charge in [-0.3, -0.25) is 14.4 Å². The van der Waals surface area contributed by atoms with E-state index in [4.69, 9.17) is 4.74 Å². The molecule has 2 heterocycles. The molecule has 218 valence electrons. The van der Waals surface area contributed by atoms with Crippen molar-refractivity contribution in [3.05, 3.63) is 107 Å². The Kier molecular flexibility index (Phi) is 9.18. The van der Waals surface area contributed by atoms with Gasteiger partial charge in [0.15, 0.2) is 5.78 Å². The highest BCUT2D eigenvalue weighted by Crippen LogP contribution is 2.34. The minimum absolute atomic E-state index is 0.00361. The first-order valence-electron chi connectivity index (χ1n) is 14.7. The Morgan fingerprint density at radius 3 is 2.29 bits per heavy atom. The fraction of sp³-hybridized carbons (Fsp3) is 0.343. The molecule has 2 bridgehead atoms. The summed E-state index contributed by atoms with van der Waals surface area (Å²) in [6, 6.07) is 25.7. The summed E-state index contributed by atoms with van der Waals surface area (Å²) in [5.74, 6) is 0.630. The van der Waals surface area contributed by atoms with E-state index < -0.39 is 0 Å². The van der Waals surface area contributed by atoms with Crippen molar-refractivity contribution in [1.82, 2.24) is 15.1 Å². The standard InChI is InChI=1S/C35H39N3O4/c1-24(39)30-11-7-8-12-33(30)42-20-18-27-13-15-28(16-14-27)31-21-29-22-38(25(2)40)23-32(36-29)34(31)35(41)37(3)19-17-26-9-5-4-6-10-26/h4-16,29,32,36H,17-23H2,1-3H3/t29-,32-/m1/s1. The molecule has 42 heavy (non-hydrogen) atoms. The van der Waals surface area contributed by atoms with Gasteiger partial charge in [-0.25, -0.2) is 0 Å². The van der Waals surface area contributed by atoms with Gasteiger partial charge in [-0.2, -0.15) is 0 Å². The Balaban J connectivity index is 1.34.